The van der Waals surface area contributed by atoms with Crippen molar-refractivity contribution in [2.45, 2.75) is 32.7 Å². The van der Waals surface area contributed by atoms with E-state index < -0.39 is 11.6 Å². The van der Waals surface area contributed by atoms with Crippen LogP contribution in [0.4, 0.5) is 8.78 Å². The third kappa shape index (κ3) is 3.48. The molecule has 2 aliphatic heterocycles. The maximum atomic E-state index is 14.0. The van der Waals surface area contributed by atoms with Crippen LogP contribution < -0.4 is 0 Å². The van der Waals surface area contributed by atoms with Crippen molar-refractivity contribution in [1.82, 2.24) is 14.8 Å². The quantitative estimate of drug-likeness (QED) is 0.825. The molecule has 144 valence electrons. The van der Waals surface area contributed by atoms with E-state index in [1.54, 1.807) is 19.1 Å². The lowest BCUT2D eigenvalue weighted by atomic mass is 9.79. The fraction of sp³-hybridized carbons (Fsp3) is 0.500. The van der Waals surface area contributed by atoms with Crippen LogP contribution in [0, 0.1) is 24.0 Å². The number of benzene rings is 1. The molecular weight excluding hydrogens is 352 g/mol. The van der Waals surface area contributed by atoms with Crippen molar-refractivity contribution in [2.75, 3.05) is 26.2 Å². The van der Waals surface area contributed by atoms with Crippen LogP contribution >= 0.6 is 0 Å². The van der Waals surface area contributed by atoms with Crippen molar-refractivity contribution in [3.05, 3.63) is 53.2 Å². The highest BCUT2D eigenvalue weighted by molar-refractivity contribution is 5.93. The highest BCUT2D eigenvalue weighted by atomic mass is 19.2. The van der Waals surface area contributed by atoms with Crippen LogP contribution in [0.15, 0.2) is 29.0 Å². The largest absolute Gasteiger partial charge is 0.448 e. The summed E-state index contributed by atoms with van der Waals surface area (Å²) in [5, 5.41) is 0. The van der Waals surface area contributed by atoms with Crippen LogP contribution in [0.3, 0.4) is 0 Å². The molecule has 27 heavy (non-hydrogen) atoms. The van der Waals surface area contributed by atoms with Gasteiger partial charge in [-0.2, -0.15) is 0 Å². The molecule has 4 rings (SSSR count). The Morgan fingerprint density at radius 3 is 2.89 bits per heavy atom. The van der Waals surface area contributed by atoms with Gasteiger partial charge in [-0.1, -0.05) is 12.1 Å². The molecule has 1 amide bonds. The molecule has 2 aromatic rings. The predicted octanol–water partition coefficient (Wildman–Crippen LogP) is 3.39. The van der Waals surface area contributed by atoms with Crippen molar-refractivity contribution in [1.29, 1.82) is 0 Å². The van der Waals surface area contributed by atoms with Gasteiger partial charge in [0.05, 0.1) is 0 Å². The first-order valence-electron chi connectivity index (χ1n) is 9.32. The third-order valence-electron chi connectivity index (χ3n) is 5.84. The zero-order valence-corrected chi connectivity index (χ0v) is 15.4. The van der Waals surface area contributed by atoms with Crippen molar-refractivity contribution in [2.24, 2.45) is 5.41 Å². The molecule has 0 bridgehead atoms. The minimum absolute atomic E-state index is 0.00928. The highest BCUT2D eigenvalue weighted by Crippen LogP contribution is 2.40. The summed E-state index contributed by atoms with van der Waals surface area (Å²) in [6, 6.07) is 4.32. The second kappa shape index (κ2) is 7.03. The standard InChI is InChI=1S/C20H23F2N3O2/c1-14-18(23-13-27-14)19(26)25-9-7-20(12-25)6-3-8-24(11-20)10-15-4-2-5-16(21)17(15)22/h2,4-5,13H,3,6-12H2,1H3/t20-/m0/s1. The molecule has 1 aromatic carbocycles. The van der Waals surface area contributed by atoms with Gasteiger partial charge in [-0.3, -0.25) is 9.69 Å². The smallest absolute Gasteiger partial charge is 0.276 e. The minimum Gasteiger partial charge on any atom is -0.448 e. The molecule has 0 N–H and O–H groups in total. The molecule has 0 aliphatic carbocycles. The maximum Gasteiger partial charge on any atom is 0.276 e. The third-order valence-corrected chi connectivity index (χ3v) is 5.84. The Bertz CT molecular complexity index is 854. The van der Waals surface area contributed by atoms with E-state index in [0.717, 1.165) is 38.4 Å². The van der Waals surface area contributed by atoms with Crippen LogP contribution in [-0.4, -0.2) is 46.9 Å². The van der Waals surface area contributed by atoms with E-state index in [9.17, 15) is 13.6 Å². The number of piperidine rings is 1. The van der Waals surface area contributed by atoms with E-state index in [1.807, 2.05) is 4.90 Å². The number of likely N-dealkylation sites (tertiary alicyclic amines) is 2. The summed E-state index contributed by atoms with van der Waals surface area (Å²) in [5.41, 5.74) is 0.771. The first-order chi connectivity index (χ1) is 13.0. The first kappa shape index (κ1) is 18.1. The molecule has 0 unspecified atom stereocenters. The second-order valence-corrected chi connectivity index (χ2v) is 7.76. The van der Waals surface area contributed by atoms with Gasteiger partial charge in [0.25, 0.3) is 5.91 Å². The van der Waals surface area contributed by atoms with Crippen LogP contribution in [0.1, 0.15) is 41.1 Å². The van der Waals surface area contributed by atoms with E-state index in [0.29, 0.717) is 36.7 Å². The lowest BCUT2D eigenvalue weighted by Gasteiger charge is -2.40. The Balaban J connectivity index is 1.44. The van der Waals surface area contributed by atoms with Crippen molar-refractivity contribution < 1.29 is 18.0 Å². The van der Waals surface area contributed by atoms with Gasteiger partial charge in [-0.05, 0) is 38.8 Å². The molecule has 2 aliphatic rings. The molecule has 0 radical (unpaired) electrons. The average Bonchev–Trinajstić information content (AvgIpc) is 3.25. The Labute approximate surface area is 157 Å². The monoisotopic (exact) mass is 375 g/mol. The van der Waals surface area contributed by atoms with Gasteiger partial charge < -0.3 is 9.32 Å². The Kier molecular flexibility index (Phi) is 4.72. The van der Waals surface area contributed by atoms with Crippen molar-refractivity contribution >= 4 is 5.91 Å². The van der Waals surface area contributed by atoms with E-state index in [2.05, 4.69) is 9.88 Å². The molecule has 5 nitrogen and oxygen atoms in total. The summed E-state index contributed by atoms with van der Waals surface area (Å²) in [6.07, 6.45) is 4.24. The molecule has 3 heterocycles. The number of amides is 1. The molecule has 1 aromatic heterocycles. The number of aryl methyl sites for hydroxylation is 1. The van der Waals surface area contributed by atoms with Gasteiger partial charge in [0.2, 0.25) is 0 Å². The van der Waals surface area contributed by atoms with Crippen molar-refractivity contribution in [3.63, 3.8) is 0 Å². The van der Waals surface area contributed by atoms with E-state index in [4.69, 9.17) is 4.42 Å². The molecule has 2 saturated heterocycles. The van der Waals surface area contributed by atoms with Crippen LogP contribution in [0.5, 0.6) is 0 Å². The van der Waals surface area contributed by atoms with Gasteiger partial charge in [0, 0.05) is 37.2 Å². The number of aromatic nitrogens is 1. The summed E-state index contributed by atoms with van der Waals surface area (Å²) in [4.78, 5) is 20.8. The lowest BCUT2D eigenvalue weighted by molar-refractivity contribution is 0.0667. The molecule has 2 fully saturated rings. The van der Waals surface area contributed by atoms with Gasteiger partial charge >= 0.3 is 0 Å². The maximum absolute atomic E-state index is 14.0. The van der Waals surface area contributed by atoms with E-state index in [1.165, 1.54) is 6.39 Å². The number of hydrogen-bond donors (Lipinski definition) is 0. The summed E-state index contributed by atoms with van der Waals surface area (Å²) in [6.45, 7) is 5.12. The summed E-state index contributed by atoms with van der Waals surface area (Å²) in [5.74, 6) is -1.12. The molecule has 0 saturated carbocycles. The summed E-state index contributed by atoms with van der Waals surface area (Å²) in [7, 11) is 0. The highest BCUT2D eigenvalue weighted by Gasteiger charge is 2.43. The minimum atomic E-state index is -0.806. The molecular formula is C20H23F2N3O2. The van der Waals surface area contributed by atoms with Crippen LogP contribution in [-0.2, 0) is 6.54 Å². The van der Waals surface area contributed by atoms with Crippen molar-refractivity contribution in [3.8, 4) is 0 Å². The average molecular weight is 375 g/mol. The molecule has 1 spiro atoms. The second-order valence-electron chi connectivity index (χ2n) is 7.76. The van der Waals surface area contributed by atoms with Crippen LogP contribution in [0.2, 0.25) is 0 Å². The van der Waals surface area contributed by atoms with Crippen LogP contribution in [0.25, 0.3) is 0 Å². The number of carbonyl (C=O) groups is 1. The number of nitrogens with zero attached hydrogens (tertiary/aromatic N) is 3. The Morgan fingerprint density at radius 2 is 2.11 bits per heavy atom. The first-order valence-corrected chi connectivity index (χ1v) is 9.32. The summed E-state index contributed by atoms with van der Waals surface area (Å²) >= 11 is 0. The lowest BCUT2D eigenvalue weighted by Crippen LogP contribution is -2.45. The van der Waals surface area contributed by atoms with E-state index in [-0.39, 0.29) is 11.3 Å². The fourth-order valence-electron chi connectivity index (χ4n) is 4.46. The fourth-order valence-corrected chi connectivity index (χ4v) is 4.46. The number of hydrogen-bond acceptors (Lipinski definition) is 4. The topological polar surface area (TPSA) is 49.6 Å². The zero-order chi connectivity index (χ0) is 19.0. The number of halogens is 2. The Hall–Kier alpha value is -2.28. The Morgan fingerprint density at radius 1 is 1.26 bits per heavy atom. The summed E-state index contributed by atoms with van der Waals surface area (Å²) < 4.78 is 32.7. The normalized spacial score (nSPS) is 23.3. The van der Waals surface area contributed by atoms with Gasteiger partial charge in [-0.25, -0.2) is 13.8 Å². The molecule has 7 heteroatoms. The van der Waals surface area contributed by atoms with Gasteiger partial charge in [0.15, 0.2) is 23.7 Å². The number of rotatable bonds is 3. The predicted molar refractivity (Wildman–Crippen MR) is 95.1 cm³/mol. The number of oxazole rings is 1. The number of carbonyl (C=O) groups excluding carboxylic acids is 1. The zero-order valence-electron chi connectivity index (χ0n) is 15.4. The van der Waals surface area contributed by atoms with Gasteiger partial charge in [-0.15, -0.1) is 0 Å². The molecule has 1 atom stereocenters. The SMILES string of the molecule is Cc1ocnc1C(=O)N1CC[C@]2(CCCN(Cc3cccc(F)c3F)C2)C1. The van der Waals surface area contributed by atoms with E-state index >= 15 is 0 Å². The van der Waals surface area contributed by atoms with Gasteiger partial charge in [0.1, 0.15) is 5.76 Å².